The molecule has 0 aliphatic carbocycles. The Kier molecular flexibility index (Phi) is 3.19. The molecular weight excluding hydrogens is 276 g/mol. The third-order valence-electron chi connectivity index (χ3n) is 3.30. The number of fused-ring (bicyclic) bond motifs is 1. The van der Waals surface area contributed by atoms with Gasteiger partial charge in [0, 0.05) is 17.6 Å². The van der Waals surface area contributed by atoms with Crippen LogP contribution in [0.2, 0.25) is 0 Å². The zero-order valence-corrected chi connectivity index (χ0v) is 11.6. The smallest absolute Gasteiger partial charge is 0.276 e. The fourth-order valence-electron chi connectivity index (χ4n) is 2.13. The van der Waals surface area contributed by atoms with Crippen LogP contribution < -0.4 is 5.32 Å². The number of anilines is 1. The first-order chi connectivity index (χ1) is 9.66. The number of carbonyl (C=O) groups excluding carboxylic acids is 2. The molecule has 2 heterocycles. The van der Waals surface area contributed by atoms with E-state index in [4.69, 9.17) is 0 Å². The van der Waals surface area contributed by atoms with Crippen molar-refractivity contribution in [1.29, 1.82) is 0 Å². The Bertz CT molecular complexity index is 656. The number of para-hydroxylation sites is 1. The number of nitrogens with one attached hydrogen (secondary N) is 1. The molecule has 0 saturated heterocycles. The van der Waals surface area contributed by atoms with Gasteiger partial charge in [0.25, 0.3) is 5.91 Å². The van der Waals surface area contributed by atoms with Gasteiger partial charge in [-0.3, -0.25) is 9.59 Å². The summed E-state index contributed by atoms with van der Waals surface area (Å²) in [6.45, 7) is 2.07. The van der Waals surface area contributed by atoms with Crippen LogP contribution in [0.25, 0.3) is 0 Å². The molecule has 0 saturated carbocycles. The van der Waals surface area contributed by atoms with Crippen LogP contribution in [0.3, 0.4) is 0 Å². The maximum absolute atomic E-state index is 12.4. The molecular formula is C13H12N4O2S. The van der Waals surface area contributed by atoms with Crippen LogP contribution >= 0.6 is 11.5 Å². The Morgan fingerprint density at radius 1 is 1.45 bits per heavy atom. The average molecular weight is 288 g/mol. The van der Waals surface area contributed by atoms with Crippen molar-refractivity contribution in [3.8, 4) is 0 Å². The number of carbonyl (C=O) groups is 2. The summed E-state index contributed by atoms with van der Waals surface area (Å²) >= 11 is 1.12. The average Bonchev–Trinajstić information content (AvgIpc) is 2.95. The lowest BCUT2D eigenvalue weighted by molar-refractivity contribution is -0.120. The fraction of sp³-hybridized carbons (Fsp3) is 0.231. The molecule has 0 spiro atoms. The van der Waals surface area contributed by atoms with Gasteiger partial charge in [-0.2, -0.15) is 0 Å². The topological polar surface area (TPSA) is 75.2 Å². The summed E-state index contributed by atoms with van der Waals surface area (Å²) in [4.78, 5) is 26.1. The maximum atomic E-state index is 12.4. The second-order valence-electron chi connectivity index (χ2n) is 4.55. The summed E-state index contributed by atoms with van der Waals surface area (Å²) in [7, 11) is 0. The highest BCUT2D eigenvalue weighted by molar-refractivity contribution is 7.03. The van der Waals surface area contributed by atoms with Crippen LogP contribution in [0, 0.1) is 0 Å². The van der Waals surface area contributed by atoms with E-state index in [1.165, 1.54) is 4.90 Å². The van der Waals surface area contributed by atoms with E-state index in [9.17, 15) is 9.59 Å². The third kappa shape index (κ3) is 2.16. The van der Waals surface area contributed by atoms with Crippen molar-refractivity contribution in [3.63, 3.8) is 0 Å². The molecule has 1 unspecified atom stereocenters. The highest BCUT2D eigenvalue weighted by atomic mass is 32.1. The molecule has 3 rings (SSSR count). The largest absolute Gasteiger partial charge is 0.324 e. The highest BCUT2D eigenvalue weighted by Crippen LogP contribution is 2.24. The molecule has 6 nitrogen and oxygen atoms in total. The Labute approximate surface area is 119 Å². The van der Waals surface area contributed by atoms with Crippen LogP contribution in [0.4, 0.5) is 5.69 Å². The summed E-state index contributed by atoms with van der Waals surface area (Å²) in [6.07, 6.45) is 0. The lowest BCUT2D eigenvalue weighted by Crippen LogP contribution is -2.43. The quantitative estimate of drug-likeness (QED) is 0.863. The maximum Gasteiger partial charge on any atom is 0.276 e. The predicted molar refractivity (Wildman–Crippen MR) is 74.3 cm³/mol. The van der Waals surface area contributed by atoms with E-state index < -0.39 is 6.04 Å². The van der Waals surface area contributed by atoms with E-state index in [-0.39, 0.29) is 17.5 Å². The normalized spacial score (nSPS) is 18.1. The monoisotopic (exact) mass is 288 g/mol. The minimum atomic E-state index is -0.559. The molecule has 1 aromatic carbocycles. The molecule has 0 bridgehead atoms. The zero-order chi connectivity index (χ0) is 14.1. The molecule has 0 radical (unpaired) electrons. The number of rotatable bonds is 1. The number of amides is 2. The van der Waals surface area contributed by atoms with Crippen molar-refractivity contribution >= 4 is 29.0 Å². The second kappa shape index (κ2) is 5.01. The molecule has 102 valence electrons. The van der Waals surface area contributed by atoms with Crippen molar-refractivity contribution in [2.24, 2.45) is 0 Å². The van der Waals surface area contributed by atoms with Crippen molar-refractivity contribution in [1.82, 2.24) is 14.5 Å². The Hall–Kier alpha value is -2.28. The van der Waals surface area contributed by atoms with Gasteiger partial charge in [0.2, 0.25) is 5.91 Å². The molecule has 2 amide bonds. The molecule has 2 aromatic rings. The lowest BCUT2D eigenvalue weighted by atomic mass is 10.1. The zero-order valence-electron chi connectivity index (χ0n) is 10.7. The van der Waals surface area contributed by atoms with Crippen molar-refractivity contribution in [3.05, 3.63) is 40.9 Å². The van der Waals surface area contributed by atoms with Crippen LogP contribution in [0.5, 0.6) is 0 Å². The molecule has 1 aromatic heterocycles. The van der Waals surface area contributed by atoms with E-state index in [2.05, 4.69) is 14.9 Å². The van der Waals surface area contributed by atoms with Crippen molar-refractivity contribution in [2.75, 3.05) is 5.32 Å². The number of nitrogens with zero attached hydrogens (tertiary/aromatic N) is 3. The van der Waals surface area contributed by atoms with Gasteiger partial charge in [0.1, 0.15) is 6.04 Å². The summed E-state index contributed by atoms with van der Waals surface area (Å²) in [5.41, 5.74) is 1.92. The molecule has 1 atom stereocenters. The van der Waals surface area contributed by atoms with Gasteiger partial charge in [-0.25, -0.2) is 0 Å². The van der Waals surface area contributed by atoms with Gasteiger partial charge in [-0.05, 0) is 30.1 Å². The minimum Gasteiger partial charge on any atom is -0.324 e. The van der Waals surface area contributed by atoms with Gasteiger partial charge in [-0.15, -0.1) is 5.10 Å². The second-order valence-corrected chi connectivity index (χ2v) is 5.16. The summed E-state index contributed by atoms with van der Waals surface area (Å²) in [6, 6.07) is 6.90. The van der Waals surface area contributed by atoms with Gasteiger partial charge >= 0.3 is 0 Å². The number of benzene rings is 1. The molecule has 20 heavy (non-hydrogen) atoms. The molecule has 1 N–H and O–H groups in total. The molecule has 0 fully saturated rings. The van der Waals surface area contributed by atoms with Crippen LogP contribution in [-0.2, 0) is 11.3 Å². The molecule has 7 heteroatoms. The van der Waals surface area contributed by atoms with Crippen LogP contribution in [0.15, 0.2) is 29.6 Å². The first-order valence-electron chi connectivity index (χ1n) is 6.13. The summed E-state index contributed by atoms with van der Waals surface area (Å²) < 4.78 is 3.69. The Morgan fingerprint density at radius 3 is 3.00 bits per heavy atom. The molecule has 1 aliphatic heterocycles. The SMILES string of the molecule is CC1C(=O)Nc2ccccc2CN1C(=O)c1csnn1. The van der Waals surface area contributed by atoms with E-state index in [1.54, 1.807) is 12.3 Å². The van der Waals surface area contributed by atoms with E-state index >= 15 is 0 Å². The van der Waals surface area contributed by atoms with Crippen molar-refractivity contribution < 1.29 is 9.59 Å². The fourth-order valence-corrected chi connectivity index (χ4v) is 2.56. The number of hydrogen-bond donors (Lipinski definition) is 1. The van der Waals surface area contributed by atoms with E-state index in [0.717, 1.165) is 22.8 Å². The summed E-state index contributed by atoms with van der Waals surface area (Å²) in [5, 5.41) is 8.21. The number of aromatic nitrogens is 2. The summed E-state index contributed by atoms with van der Waals surface area (Å²) in [5.74, 6) is -0.482. The third-order valence-corrected chi connectivity index (χ3v) is 3.81. The van der Waals surface area contributed by atoms with Crippen LogP contribution in [0.1, 0.15) is 23.0 Å². The standard InChI is InChI=1S/C13H12N4O2S/c1-8-12(18)14-10-5-3-2-4-9(10)6-17(8)13(19)11-7-20-16-15-11/h2-5,7-8H,6H2,1H3,(H,14,18). The first kappa shape index (κ1) is 12.7. The van der Waals surface area contributed by atoms with Gasteiger partial charge in [0.15, 0.2) is 5.69 Å². The van der Waals surface area contributed by atoms with Crippen LogP contribution in [-0.4, -0.2) is 32.3 Å². The Morgan fingerprint density at radius 2 is 2.25 bits per heavy atom. The van der Waals surface area contributed by atoms with Gasteiger partial charge in [-0.1, -0.05) is 22.7 Å². The minimum absolute atomic E-state index is 0.202. The van der Waals surface area contributed by atoms with Crippen molar-refractivity contribution in [2.45, 2.75) is 19.5 Å². The predicted octanol–water partition coefficient (Wildman–Crippen LogP) is 1.52. The van der Waals surface area contributed by atoms with Gasteiger partial charge in [0.05, 0.1) is 0 Å². The Balaban J connectivity index is 1.98. The van der Waals surface area contributed by atoms with E-state index in [1.807, 2.05) is 24.3 Å². The highest BCUT2D eigenvalue weighted by Gasteiger charge is 2.31. The molecule has 1 aliphatic rings. The lowest BCUT2D eigenvalue weighted by Gasteiger charge is -2.24. The van der Waals surface area contributed by atoms with Gasteiger partial charge < -0.3 is 10.2 Å². The first-order valence-corrected chi connectivity index (χ1v) is 6.97. The number of hydrogen-bond acceptors (Lipinski definition) is 5. The van der Waals surface area contributed by atoms with E-state index in [0.29, 0.717) is 6.54 Å².